The summed E-state index contributed by atoms with van der Waals surface area (Å²) in [5.41, 5.74) is 8.07. The minimum Gasteiger partial charge on any atom is -0.379 e. The van der Waals surface area contributed by atoms with Crippen LogP contribution < -0.4 is 11.1 Å². The molecule has 1 fully saturated rings. The van der Waals surface area contributed by atoms with E-state index in [0.29, 0.717) is 19.6 Å². The van der Waals surface area contributed by atoms with Gasteiger partial charge in [0.2, 0.25) is 11.8 Å². The topological polar surface area (TPSA) is 108 Å². The van der Waals surface area contributed by atoms with Crippen LogP contribution in [0.3, 0.4) is 0 Å². The molecule has 2 heterocycles. The molecular weight excluding hydrogens is 300 g/mol. The number of aryl methyl sites for hydroxylation is 1. The molecule has 0 aromatic carbocycles. The number of aromatic nitrogens is 2. The number of ether oxygens (including phenoxy) is 2. The van der Waals surface area contributed by atoms with Gasteiger partial charge in [0.1, 0.15) is 13.2 Å². The Kier molecular flexibility index (Phi) is 5.73. The van der Waals surface area contributed by atoms with Crippen molar-refractivity contribution in [3.05, 3.63) is 17.0 Å². The Balaban J connectivity index is 1.94. The number of primary amides is 1. The monoisotopic (exact) mass is 324 g/mol. The molecule has 2 amide bonds. The number of nitrogens with zero attached hydrogens (tertiary/aromatic N) is 2. The van der Waals surface area contributed by atoms with Crippen LogP contribution in [0.5, 0.6) is 0 Å². The molecule has 0 bridgehead atoms. The molecule has 0 spiro atoms. The van der Waals surface area contributed by atoms with Crippen LogP contribution in [0.4, 0.5) is 0 Å². The molecule has 0 radical (unpaired) electrons. The van der Waals surface area contributed by atoms with Crippen LogP contribution in [-0.2, 0) is 25.6 Å². The van der Waals surface area contributed by atoms with Gasteiger partial charge in [-0.25, -0.2) is 0 Å². The quantitative estimate of drug-likeness (QED) is 0.739. The molecule has 3 N–H and O–H groups in total. The highest BCUT2D eigenvalue weighted by atomic mass is 16.5. The SMILES string of the molecule is Cc1nn(CC(=O)N[C@@H]2COCC[C@@H]2OCC(N)=O)c(C)c1C. The first-order chi connectivity index (χ1) is 10.9. The van der Waals surface area contributed by atoms with Crippen LogP contribution in [0.25, 0.3) is 0 Å². The van der Waals surface area contributed by atoms with E-state index < -0.39 is 5.91 Å². The highest BCUT2D eigenvalue weighted by Crippen LogP contribution is 2.13. The van der Waals surface area contributed by atoms with Crippen molar-refractivity contribution in [2.45, 2.75) is 45.9 Å². The Hall–Kier alpha value is -1.93. The molecule has 2 rings (SSSR count). The Morgan fingerprint density at radius 1 is 1.43 bits per heavy atom. The third-order valence-electron chi connectivity index (χ3n) is 4.12. The molecule has 2 atom stereocenters. The van der Waals surface area contributed by atoms with E-state index in [4.69, 9.17) is 15.2 Å². The fraction of sp³-hybridized carbons (Fsp3) is 0.667. The number of nitrogens with one attached hydrogen (secondary N) is 1. The Bertz CT molecular complexity index is 584. The van der Waals surface area contributed by atoms with Crippen LogP contribution in [0.2, 0.25) is 0 Å². The van der Waals surface area contributed by atoms with Crippen molar-refractivity contribution < 1.29 is 19.1 Å². The van der Waals surface area contributed by atoms with E-state index in [0.717, 1.165) is 17.0 Å². The van der Waals surface area contributed by atoms with Gasteiger partial charge in [-0.2, -0.15) is 5.10 Å². The number of carbonyl (C=O) groups is 2. The van der Waals surface area contributed by atoms with E-state index in [-0.39, 0.29) is 31.2 Å². The molecule has 8 heteroatoms. The molecule has 0 aliphatic carbocycles. The molecule has 1 aliphatic heterocycles. The van der Waals surface area contributed by atoms with Crippen molar-refractivity contribution in [2.24, 2.45) is 5.73 Å². The second-order valence-electron chi connectivity index (χ2n) is 5.81. The fourth-order valence-electron chi connectivity index (χ4n) is 2.57. The van der Waals surface area contributed by atoms with Gasteiger partial charge in [0.15, 0.2) is 0 Å². The van der Waals surface area contributed by atoms with E-state index in [9.17, 15) is 9.59 Å². The summed E-state index contributed by atoms with van der Waals surface area (Å²) in [6, 6.07) is -0.298. The number of hydrogen-bond acceptors (Lipinski definition) is 5. The first-order valence-corrected chi connectivity index (χ1v) is 7.66. The van der Waals surface area contributed by atoms with Gasteiger partial charge in [-0.15, -0.1) is 0 Å². The smallest absolute Gasteiger partial charge is 0.243 e. The lowest BCUT2D eigenvalue weighted by atomic mass is 10.1. The minimum atomic E-state index is -0.528. The number of nitrogens with two attached hydrogens (primary N) is 1. The molecule has 0 unspecified atom stereocenters. The summed E-state index contributed by atoms with van der Waals surface area (Å²) in [5, 5.41) is 7.25. The zero-order valence-electron chi connectivity index (χ0n) is 13.8. The van der Waals surface area contributed by atoms with Gasteiger partial charge in [-0.3, -0.25) is 14.3 Å². The van der Waals surface area contributed by atoms with Crippen LogP contribution in [-0.4, -0.2) is 53.6 Å². The maximum absolute atomic E-state index is 12.3. The fourth-order valence-corrected chi connectivity index (χ4v) is 2.57. The molecule has 0 saturated carbocycles. The molecule has 8 nitrogen and oxygen atoms in total. The van der Waals surface area contributed by atoms with Crippen LogP contribution in [0.1, 0.15) is 23.4 Å². The lowest BCUT2D eigenvalue weighted by Gasteiger charge is -2.31. The normalized spacial score (nSPS) is 21.2. The van der Waals surface area contributed by atoms with E-state index in [2.05, 4.69) is 10.4 Å². The van der Waals surface area contributed by atoms with Crippen molar-refractivity contribution in [2.75, 3.05) is 19.8 Å². The van der Waals surface area contributed by atoms with Gasteiger partial charge >= 0.3 is 0 Å². The second-order valence-corrected chi connectivity index (χ2v) is 5.81. The van der Waals surface area contributed by atoms with E-state index in [1.54, 1.807) is 4.68 Å². The summed E-state index contributed by atoms with van der Waals surface area (Å²) in [4.78, 5) is 23.1. The zero-order chi connectivity index (χ0) is 17.0. The first kappa shape index (κ1) is 17.4. The number of hydrogen-bond donors (Lipinski definition) is 2. The molecule has 1 aromatic heterocycles. The third-order valence-corrected chi connectivity index (χ3v) is 4.12. The maximum atomic E-state index is 12.3. The van der Waals surface area contributed by atoms with Crippen molar-refractivity contribution in [3.63, 3.8) is 0 Å². The third kappa shape index (κ3) is 4.52. The van der Waals surface area contributed by atoms with Gasteiger partial charge in [0, 0.05) is 12.3 Å². The van der Waals surface area contributed by atoms with Gasteiger partial charge in [-0.05, 0) is 32.8 Å². The highest BCUT2D eigenvalue weighted by molar-refractivity contribution is 5.76. The van der Waals surface area contributed by atoms with Gasteiger partial charge in [0.05, 0.1) is 24.4 Å². The van der Waals surface area contributed by atoms with Gasteiger partial charge in [0.25, 0.3) is 0 Å². The highest BCUT2D eigenvalue weighted by Gasteiger charge is 2.28. The summed E-state index contributed by atoms with van der Waals surface area (Å²) >= 11 is 0. The number of rotatable bonds is 6. The summed E-state index contributed by atoms with van der Waals surface area (Å²) < 4.78 is 12.5. The zero-order valence-corrected chi connectivity index (χ0v) is 13.8. The van der Waals surface area contributed by atoms with Crippen LogP contribution in [0.15, 0.2) is 0 Å². The van der Waals surface area contributed by atoms with Crippen molar-refractivity contribution in [1.29, 1.82) is 0 Å². The average molecular weight is 324 g/mol. The van der Waals surface area contributed by atoms with Crippen LogP contribution in [0, 0.1) is 20.8 Å². The second kappa shape index (κ2) is 7.56. The number of amides is 2. The number of carbonyl (C=O) groups excluding carboxylic acids is 2. The predicted molar refractivity (Wildman–Crippen MR) is 82.7 cm³/mol. The van der Waals surface area contributed by atoms with E-state index in [1.807, 2.05) is 20.8 Å². The lowest BCUT2D eigenvalue weighted by Crippen LogP contribution is -2.51. The van der Waals surface area contributed by atoms with Gasteiger partial charge < -0.3 is 20.5 Å². The first-order valence-electron chi connectivity index (χ1n) is 7.66. The summed E-state index contributed by atoms with van der Waals surface area (Å²) in [6.45, 7) is 6.70. The lowest BCUT2D eigenvalue weighted by molar-refractivity contribution is -0.131. The summed E-state index contributed by atoms with van der Waals surface area (Å²) in [7, 11) is 0. The Labute approximate surface area is 135 Å². The summed E-state index contributed by atoms with van der Waals surface area (Å²) in [6.07, 6.45) is 0.333. The van der Waals surface area contributed by atoms with Gasteiger partial charge in [-0.1, -0.05) is 0 Å². The minimum absolute atomic E-state index is 0.138. The molecular formula is C15H24N4O4. The molecule has 1 saturated heterocycles. The van der Waals surface area contributed by atoms with Crippen molar-refractivity contribution in [3.8, 4) is 0 Å². The maximum Gasteiger partial charge on any atom is 0.243 e. The van der Waals surface area contributed by atoms with E-state index >= 15 is 0 Å². The van der Waals surface area contributed by atoms with Crippen molar-refractivity contribution in [1.82, 2.24) is 15.1 Å². The Morgan fingerprint density at radius 3 is 2.78 bits per heavy atom. The van der Waals surface area contributed by atoms with Crippen LogP contribution >= 0.6 is 0 Å². The predicted octanol–water partition coefficient (Wildman–Crippen LogP) is -0.416. The molecule has 128 valence electrons. The summed E-state index contributed by atoms with van der Waals surface area (Å²) in [5.74, 6) is -0.696. The molecule has 1 aliphatic rings. The molecule has 23 heavy (non-hydrogen) atoms. The average Bonchev–Trinajstić information content (AvgIpc) is 2.73. The Morgan fingerprint density at radius 2 is 2.17 bits per heavy atom. The standard InChI is InChI=1S/C15H24N4O4/c1-9-10(2)18-19(11(9)3)6-15(21)17-12-7-22-5-4-13(12)23-8-14(16)20/h12-13H,4-8H2,1-3H3,(H2,16,20)(H,17,21)/t12-,13+/m1/s1. The van der Waals surface area contributed by atoms with E-state index in [1.165, 1.54) is 0 Å². The molecule has 1 aromatic rings. The van der Waals surface area contributed by atoms with Crippen molar-refractivity contribution >= 4 is 11.8 Å². The largest absolute Gasteiger partial charge is 0.379 e.